The molecule has 0 radical (unpaired) electrons. The van der Waals surface area contributed by atoms with E-state index in [1.165, 1.54) is 25.3 Å². The second kappa shape index (κ2) is 7.12. The molecule has 4 bridgehead atoms. The molecule has 1 heterocycles. The molecule has 0 N–H and O–H groups in total. The summed E-state index contributed by atoms with van der Waals surface area (Å²) in [5.41, 5.74) is 1.03. The topological polar surface area (TPSA) is 23.6 Å². The van der Waals surface area contributed by atoms with Gasteiger partial charge < -0.3 is 9.80 Å². The lowest BCUT2D eigenvalue weighted by Gasteiger charge is -2.56. The minimum absolute atomic E-state index is 0.0293. The number of hydrogen-bond donors (Lipinski definition) is 0. The molecule has 152 valence electrons. The predicted molar refractivity (Wildman–Crippen MR) is 108 cm³/mol. The van der Waals surface area contributed by atoms with Gasteiger partial charge in [0.2, 0.25) is 5.91 Å². The van der Waals surface area contributed by atoms with Crippen LogP contribution in [0.3, 0.4) is 0 Å². The maximum Gasteiger partial charge on any atom is 0.228 e. The second-order valence-electron chi connectivity index (χ2n) is 10.2. The summed E-state index contributed by atoms with van der Waals surface area (Å²) in [6, 6.07) is 7.26. The first-order chi connectivity index (χ1) is 13.5. The van der Waals surface area contributed by atoms with Crippen molar-refractivity contribution in [3.63, 3.8) is 0 Å². The van der Waals surface area contributed by atoms with Gasteiger partial charge in [-0.25, -0.2) is 4.39 Å². The van der Waals surface area contributed by atoms with Crippen LogP contribution in [0.5, 0.6) is 0 Å². The molecule has 6 rings (SSSR count). The smallest absolute Gasteiger partial charge is 0.228 e. The van der Waals surface area contributed by atoms with E-state index in [0.717, 1.165) is 75.1 Å². The summed E-state index contributed by atoms with van der Waals surface area (Å²) in [5.74, 6) is 2.74. The Kier molecular flexibility index (Phi) is 4.73. The van der Waals surface area contributed by atoms with Crippen molar-refractivity contribution < 1.29 is 9.18 Å². The highest BCUT2D eigenvalue weighted by Gasteiger charge is 2.55. The van der Waals surface area contributed by atoms with E-state index >= 15 is 0 Å². The average molecular weight is 385 g/mol. The third-order valence-corrected chi connectivity index (χ3v) is 8.21. The molecule has 4 saturated carbocycles. The van der Waals surface area contributed by atoms with Crippen molar-refractivity contribution in [3.8, 4) is 0 Å². The highest BCUT2D eigenvalue weighted by Crippen LogP contribution is 2.60. The van der Waals surface area contributed by atoms with E-state index in [-0.39, 0.29) is 11.2 Å². The lowest BCUT2D eigenvalue weighted by atomic mass is 9.49. The maximum atomic E-state index is 13.6. The zero-order valence-corrected chi connectivity index (χ0v) is 17.1. The fraction of sp³-hybridized carbons (Fsp3) is 0.708. The van der Waals surface area contributed by atoms with Crippen LogP contribution < -0.4 is 0 Å². The maximum absolute atomic E-state index is 13.6. The van der Waals surface area contributed by atoms with Crippen molar-refractivity contribution in [2.75, 3.05) is 26.7 Å². The third-order valence-electron chi connectivity index (χ3n) is 8.21. The van der Waals surface area contributed by atoms with Crippen LogP contribution >= 0.6 is 0 Å². The Morgan fingerprint density at radius 2 is 1.86 bits per heavy atom. The van der Waals surface area contributed by atoms with E-state index in [9.17, 15) is 9.18 Å². The van der Waals surface area contributed by atoms with Crippen molar-refractivity contribution in [2.45, 2.75) is 57.4 Å². The molecule has 5 aliphatic rings. The van der Waals surface area contributed by atoms with E-state index < -0.39 is 0 Å². The van der Waals surface area contributed by atoms with Gasteiger partial charge in [-0.1, -0.05) is 12.1 Å². The van der Waals surface area contributed by atoms with E-state index in [2.05, 4.69) is 16.8 Å². The zero-order valence-electron chi connectivity index (χ0n) is 17.1. The van der Waals surface area contributed by atoms with Crippen molar-refractivity contribution >= 4 is 5.91 Å². The van der Waals surface area contributed by atoms with Crippen molar-refractivity contribution in [1.82, 2.24) is 9.80 Å². The van der Waals surface area contributed by atoms with Crippen LogP contribution in [0.15, 0.2) is 24.3 Å². The van der Waals surface area contributed by atoms with Gasteiger partial charge in [0.25, 0.3) is 0 Å². The van der Waals surface area contributed by atoms with Crippen LogP contribution in [0.25, 0.3) is 0 Å². The summed E-state index contributed by atoms with van der Waals surface area (Å²) >= 11 is 0. The number of likely N-dealkylation sites (tertiary alicyclic amines) is 1. The molecular formula is C24H33FN2O. The minimum Gasteiger partial charge on any atom is -0.341 e. The molecular weight excluding hydrogens is 351 g/mol. The van der Waals surface area contributed by atoms with E-state index in [0.29, 0.717) is 11.9 Å². The van der Waals surface area contributed by atoms with Crippen LogP contribution in [-0.2, 0) is 11.2 Å². The lowest BCUT2D eigenvalue weighted by Crippen LogP contribution is -2.55. The lowest BCUT2D eigenvalue weighted by molar-refractivity contribution is -0.158. The third kappa shape index (κ3) is 3.38. The monoisotopic (exact) mass is 384 g/mol. The van der Waals surface area contributed by atoms with Gasteiger partial charge in [0.05, 0.1) is 5.41 Å². The van der Waals surface area contributed by atoms with Gasteiger partial charge in [0.1, 0.15) is 5.82 Å². The molecule has 4 aliphatic carbocycles. The Labute approximate surface area is 168 Å². The van der Waals surface area contributed by atoms with Crippen LogP contribution in [-0.4, -0.2) is 48.4 Å². The quantitative estimate of drug-likeness (QED) is 0.762. The fourth-order valence-electron chi connectivity index (χ4n) is 7.22. The first kappa shape index (κ1) is 18.6. The number of halogens is 1. The first-order valence-electron chi connectivity index (χ1n) is 11.2. The summed E-state index contributed by atoms with van der Waals surface area (Å²) in [6.07, 6.45) is 9.54. The molecule has 1 atom stereocenters. The number of carbonyl (C=O) groups is 1. The molecule has 0 spiro atoms. The number of hydrogen-bond acceptors (Lipinski definition) is 2. The number of benzene rings is 1. The van der Waals surface area contributed by atoms with Gasteiger partial charge in [-0.05, 0) is 86.8 Å². The van der Waals surface area contributed by atoms with Crippen molar-refractivity contribution in [1.29, 1.82) is 0 Å². The average Bonchev–Trinajstić information content (AvgIpc) is 3.13. The molecule has 1 aromatic carbocycles. The fourth-order valence-corrected chi connectivity index (χ4v) is 7.22. The molecule has 1 saturated heterocycles. The predicted octanol–water partition coefficient (Wildman–Crippen LogP) is 4.12. The van der Waals surface area contributed by atoms with Crippen LogP contribution in [0, 0.1) is 29.0 Å². The minimum atomic E-state index is -0.155. The van der Waals surface area contributed by atoms with Gasteiger partial charge in [0, 0.05) is 32.7 Å². The summed E-state index contributed by atoms with van der Waals surface area (Å²) in [5, 5.41) is 0. The summed E-state index contributed by atoms with van der Waals surface area (Å²) in [4.78, 5) is 18.1. The first-order valence-corrected chi connectivity index (χ1v) is 11.2. The van der Waals surface area contributed by atoms with Gasteiger partial charge in [-0.2, -0.15) is 0 Å². The van der Waals surface area contributed by atoms with E-state index in [4.69, 9.17) is 0 Å². The molecule has 4 heteroatoms. The number of carbonyl (C=O) groups excluding carboxylic acids is 1. The molecule has 28 heavy (non-hydrogen) atoms. The molecule has 1 aromatic rings. The number of amides is 1. The Balaban J connectivity index is 1.18. The highest BCUT2D eigenvalue weighted by molar-refractivity contribution is 5.83. The van der Waals surface area contributed by atoms with Gasteiger partial charge in [-0.3, -0.25) is 4.79 Å². The normalized spacial score (nSPS) is 36.8. The van der Waals surface area contributed by atoms with Crippen LogP contribution in [0.1, 0.15) is 50.5 Å². The highest BCUT2D eigenvalue weighted by atomic mass is 19.1. The molecule has 5 fully saturated rings. The van der Waals surface area contributed by atoms with Crippen LogP contribution in [0.2, 0.25) is 0 Å². The SMILES string of the molecule is CN(C(=O)C12CC3CC(CC(C3)C1)C2)[C@H]1CCN(CCc2cccc(F)c2)C1. The molecule has 1 aliphatic heterocycles. The zero-order chi connectivity index (χ0) is 19.3. The molecule has 0 aromatic heterocycles. The Morgan fingerprint density at radius 1 is 1.18 bits per heavy atom. The van der Waals surface area contributed by atoms with Gasteiger partial charge >= 0.3 is 0 Å². The summed E-state index contributed by atoms with van der Waals surface area (Å²) in [7, 11) is 2.06. The number of rotatable bonds is 5. The Bertz CT molecular complexity index is 713. The van der Waals surface area contributed by atoms with Crippen molar-refractivity contribution in [2.24, 2.45) is 23.2 Å². The standard InChI is InChI=1S/C24H33FN2O/c1-26(23(28)24-13-18-9-19(14-24)11-20(10-18)15-24)22-6-8-27(16-22)7-5-17-3-2-4-21(25)12-17/h2-4,12,18-20,22H,5-11,13-16H2,1H3/t18?,19?,20?,22-,24?/m0/s1. The molecule has 0 unspecified atom stereocenters. The molecule has 3 nitrogen and oxygen atoms in total. The second-order valence-corrected chi connectivity index (χ2v) is 10.2. The number of nitrogens with zero attached hydrogens (tertiary/aromatic N) is 2. The summed E-state index contributed by atoms with van der Waals surface area (Å²) in [6.45, 7) is 2.95. The van der Waals surface area contributed by atoms with E-state index in [1.54, 1.807) is 12.1 Å². The Morgan fingerprint density at radius 3 is 2.50 bits per heavy atom. The van der Waals surface area contributed by atoms with Crippen molar-refractivity contribution in [3.05, 3.63) is 35.6 Å². The summed E-state index contributed by atoms with van der Waals surface area (Å²) < 4.78 is 13.4. The Hall–Kier alpha value is -1.42. The number of likely N-dealkylation sites (N-methyl/N-ethyl adjacent to an activating group) is 1. The molecule has 1 amide bonds. The largest absolute Gasteiger partial charge is 0.341 e. The van der Waals surface area contributed by atoms with Gasteiger partial charge in [-0.15, -0.1) is 0 Å². The van der Waals surface area contributed by atoms with Gasteiger partial charge in [0.15, 0.2) is 0 Å². The van der Waals surface area contributed by atoms with E-state index in [1.807, 2.05) is 6.07 Å². The van der Waals surface area contributed by atoms with Crippen LogP contribution in [0.4, 0.5) is 4.39 Å².